The lowest BCUT2D eigenvalue weighted by molar-refractivity contribution is -0.119. The predicted molar refractivity (Wildman–Crippen MR) is 84.2 cm³/mol. The van der Waals surface area contributed by atoms with E-state index in [0.717, 1.165) is 23.4 Å². The molecule has 0 saturated heterocycles. The molecular weight excluding hydrogens is 264 g/mol. The lowest BCUT2D eigenvalue weighted by atomic mass is 10.1. The zero-order valence-electron chi connectivity index (χ0n) is 12.8. The number of hydrogen-bond acceptors (Lipinski definition) is 3. The summed E-state index contributed by atoms with van der Waals surface area (Å²) in [7, 11) is 1.65. The Bertz CT molecular complexity index is 606. The Balaban J connectivity index is 2.13. The number of rotatable bonds is 6. The molecule has 5 nitrogen and oxygen atoms in total. The molecule has 0 aliphatic heterocycles. The Kier molecular flexibility index (Phi) is 4.98. The van der Waals surface area contributed by atoms with E-state index in [9.17, 15) is 4.79 Å². The third-order valence-electron chi connectivity index (χ3n) is 3.50. The molecule has 1 heterocycles. The molecule has 112 valence electrons. The second-order valence-electron chi connectivity index (χ2n) is 5.00. The maximum Gasteiger partial charge on any atom is 0.224 e. The van der Waals surface area contributed by atoms with Crippen LogP contribution in [0.4, 0.5) is 5.69 Å². The van der Waals surface area contributed by atoms with Gasteiger partial charge in [0.05, 0.1) is 18.7 Å². The molecule has 5 heteroatoms. The van der Waals surface area contributed by atoms with Gasteiger partial charge in [-0.1, -0.05) is 18.2 Å². The van der Waals surface area contributed by atoms with Gasteiger partial charge in [-0.2, -0.15) is 5.10 Å². The van der Waals surface area contributed by atoms with Gasteiger partial charge in [-0.05, 0) is 25.5 Å². The van der Waals surface area contributed by atoms with Crippen molar-refractivity contribution in [2.75, 3.05) is 12.4 Å². The van der Waals surface area contributed by atoms with Crippen LogP contribution in [0.3, 0.4) is 0 Å². The van der Waals surface area contributed by atoms with Crippen LogP contribution in [0.15, 0.2) is 36.7 Å². The summed E-state index contributed by atoms with van der Waals surface area (Å²) in [5, 5.41) is 10.4. The summed E-state index contributed by atoms with van der Waals surface area (Å²) in [6, 6.07) is 8.02. The number of aromatic nitrogens is 2. The number of para-hydroxylation sites is 1. The molecule has 0 saturated carbocycles. The number of benzene rings is 1. The van der Waals surface area contributed by atoms with Crippen LogP contribution >= 0.6 is 0 Å². The number of carbonyl (C=O) groups is 1. The maximum absolute atomic E-state index is 11.6. The first-order chi connectivity index (χ1) is 10.1. The molecule has 1 atom stereocenters. The lowest BCUT2D eigenvalue weighted by Crippen LogP contribution is -2.20. The highest BCUT2D eigenvalue weighted by Crippen LogP contribution is 2.22. The van der Waals surface area contributed by atoms with Crippen molar-refractivity contribution in [3.8, 4) is 0 Å². The Hall–Kier alpha value is -2.30. The van der Waals surface area contributed by atoms with Crippen molar-refractivity contribution in [1.29, 1.82) is 0 Å². The molecule has 0 radical (unpaired) electrons. The first kappa shape index (κ1) is 15.1. The van der Waals surface area contributed by atoms with Crippen LogP contribution in [0.5, 0.6) is 0 Å². The van der Waals surface area contributed by atoms with E-state index in [1.165, 1.54) is 0 Å². The second-order valence-corrected chi connectivity index (χ2v) is 5.00. The van der Waals surface area contributed by atoms with E-state index in [4.69, 9.17) is 0 Å². The van der Waals surface area contributed by atoms with Crippen molar-refractivity contribution in [2.24, 2.45) is 0 Å². The molecule has 0 aliphatic carbocycles. The minimum Gasteiger partial charge on any atom is -0.378 e. The van der Waals surface area contributed by atoms with Crippen LogP contribution in [0.2, 0.25) is 0 Å². The first-order valence-electron chi connectivity index (χ1n) is 7.21. The number of likely N-dealkylation sites (N-methyl/N-ethyl adjacent to an activating group) is 1. The van der Waals surface area contributed by atoms with Crippen LogP contribution in [0, 0.1) is 0 Å². The van der Waals surface area contributed by atoms with Crippen molar-refractivity contribution >= 4 is 11.6 Å². The molecule has 0 spiro atoms. The average molecular weight is 286 g/mol. The molecule has 0 fully saturated rings. The summed E-state index contributed by atoms with van der Waals surface area (Å²) in [4.78, 5) is 11.6. The maximum atomic E-state index is 11.6. The first-order valence-corrected chi connectivity index (χ1v) is 7.21. The number of anilines is 1. The fourth-order valence-corrected chi connectivity index (χ4v) is 2.17. The lowest BCUT2D eigenvalue weighted by Gasteiger charge is -2.17. The standard InChI is InChI=1S/C16H22N4O/c1-4-20-11-14(10-18-20)12(2)19-15-8-6-5-7-13(15)9-16(21)17-3/h5-8,10-12,19H,4,9H2,1-3H3,(H,17,21). The smallest absolute Gasteiger partial charge is 0.224 e. The molecule has 0 bridgehead atoms. The van der Waals surface area contributed by atoms with Crippen molar-refractivity contribution in [2.45, 2.75) is 32.9 Å². The van der Waals surface area contributed by atoms with Crippen molar-refractivity contribution in [3.63, 3.8) is 0 Å². The van der Waals surface area contributed by atoms with Crippen LogP contribution in [-0.4, -0.2) is 22.7 Å². The van der Waals surface area contributed by atoms with E-state index in [1.807, 2.05) is 41.3 Å². The highest BCUT2D eigenvalue weighted by Gasteiger charge is 2.11. The van der Waals surface area contributed by atoms with Crippen molar-refractivity contribution in [1.82, 2.24) is 15.1 Å². The van der Waals surface area contributed by atoms with Gasteiger partial charge in [-0.15, -0.1) is 0 Å². The zero-order valence-corrected chi connectivity index (χ0v) is 12.8. The number of aryl methyl sites for hydroxylation is 1. The van der Waals surface area contributed by atoms with E-state index in [2.05, 4.69) is 29.6 Å². The molecule has 21 heavy (non-hydrogen) atoms. The van der Waals surface area contributed by atoms with E-state index in [0.29, 0.717) is 6.42 Å². The van der Waals surface area contributed by atoms with Gasteiger partial charge in [0.25, 0.3) is 0 Å². The van der Waals surface area contributed by atoms with E-state index >= 15 is 0 Å². The summed E-state index contributed by atoms with van der Waals surface area (Å²) in [5.41, 5.74) is 3.11. The van der Waals surface area contributed by atoms with E-state index < -0.39 is 0 Å². The van der Waals surface area contributed by atoms with Gasteiger partial charge < -0.3 is 10.6 Å². The summed E-state index contributed by atoms with van der Waals surface area (Å²) >= 11 is 0. The van der Waals surface area contributed by atoms with E-state index in [1.54, 1.807) is 7.05 Å². The van der Waals surface area contributed by atoms with Gasteiger partial charge in [0, 0.05) is 31.0 Å². The number of nitrogens with zero attached hydrogens (tertiary/aromatic N) is 2. The van der Waals surface area contributed by atoms with Crippen LogP contribution in [0.1, 0.15) is 31.0 Å². The largest absolute Gasteiger partial charge is 0.378 e. The second kappa shape index (κ2) is 6.92. The van der Waals surface area contributed by atoms with Gasteiger partial charge in [0.1, 0.15) is 0 Å². The third kappa shape index (κ3) is 3.84. The fourth-order valence-electron chi connectivity index (χ4n) is 2.17. The van der Waals surface area contributed by atoms with Gasteiger partial charge in [-0.3, -0.25) is 9.48 Å². The molecule has 2 rings (SSSR count). The average Bonchev–Trinajstić information content (AvgIpc) is 2.98. The number of hydrogen-bond donors (Lipinski definition) is 2. The molecule has 0 aliphatic rings. The Morgan fingerprint density at radius 1 is 1.38 bits per heavy atom. The SMILES string of the molecule is CCn1cc(C(C)Nc2ccccc2CC(=O)NC)cn1. The minimum atomic E-state index is 0.00991. The molecule has 1 aromatic carbocycles. The number of nitrogens with one attached hydrogen (secondary N) is 2. The van der Waals surface area contributed by atoms with Gasteiger partial charge >= 0.3 is 0 Å². The Morgan fingerprint density at radius 2 is 2.14 bits per heavy atom. The Labute approximate surface area is 125 Å². The fraction of sp³-hybridized carbons (Fsp3) is 0.375. The van der Waals surface area contributed by atoms with E-state index in [-0.39, 0.29) is 11.9 Å². The van der Waals surface area contributed by atoms with Crippen LogP contribution in [0.25, 0.3) is 0 Å². The monoisotopic (exact) mass is 286 g/mol. The molecular formula is C16H22N4O. The molecule has 1 amide bonds. The minimum absolute atomic E-state index is 0.00991. The normalized spacial score (nSPS) is 12.0. The van der Waals surface area contributed by atoms with Crippen molar-refractivity contribution in [3.05, 3.63) is 47.8 Å². The molecule has 2 N–H and O–H groups in total. The quantitative estimate of drug-likeness (QED) is 0.857. The summed E-state index contributed by atoms with van der Waals surface area (Å²) < 4.78 is 1.91. The van der Waals surface area contributed by atoms with Crippen LogP contribution < -0.4 is 10.6 Å². The molecule has 1 aromatic heterocycles. The molecule has 2 aromatic rings. The zero-order chi connectivity index (χ0) is 15.2. The highest BCUT2D eigenvalue weighted by molar-refractivity contribution is 5.80. The number of amides is 1. The predicted octanol–water partition coefficient (Wildman–Crippen LogP) is 2.36. The van der Waals surface area contributed by atoms with Gasteiger partial charge in [0.15, 0.2) is 0 Å². The highest BCUT2D eigenvalue weighted by atomic mass is 16.1. The van der Waals surface area contributed by atoms with Crippen molar-refractivity contribution < 1.29 is 4.79 Å². The number of carbonyl (C=O) groups excluding carboxylic acids is 1. The van der Waals surface area contributed by atoms with Crippen LogP contribution in [-0.2, 0) is 17.8 Å². The van der Waals surface area contributed by atoms with Gasteiger partial charge in [-0.25, -0.2) is 0 Å². The topological polar surface area (TPSA) is 59.0 Å². The summed E-state index contributed by atoms with van der Waals surface area (Å²) in [5.74, 6) is 0.00991. The third-order valence-corrected chi connectivity index (χ3v) is 3.50. The molecule has 1 unspecified atom stereocenters. The van der Waals surface area contributed by atoms with Gasteiger partial charge in [0.2, 0.25) is 5.91 Å². The summed E-state index contributed by atoms with van der Waals surface area (Å²) in [6.07, 6.45) is 4.29. The Morgan fingerprint density at radius 3 is 2.81 bits per heavy atom. The summed E-state index contributed by atoms with van der Waals surface area (Å²) in [6.45, 7) is 5.02.